The van der Waals surface area contributed by atoms with Gasteiger partial charge in [-0.15, -0.1) is 0 Å². The van der Waals surface area contributed by atoms with E-state index >= 15 is 0 Å². The van der Waals surface area contributed by atoms with Crippen molar-refractivity contribution in [3.8, 4) is 17.2 Å². The molecule has 5 nitrogen and oxygen atoms in total. The van der Waals surface area contributed by atoms with Crippen molar-refractivity contribution in [2.75, 3.05) is 0 Å². The van der Waals surface area contributed by atoms with E-state index in [-0.39, 0.29) is 0 Å². The van der Waals surface area contributed by atoms with E-state index in [1.54, 1.807) is 18.6 Å². The number of pyridine rings is 2. The summed E-state index contributed by atoms with van der Waals surface area (Å²) in [6.45, 7) is -1.77. The molecule has 6 rings (SSSR count). The van der Waals surface area contributed by atoms with Crippen molar-refractivity contribution >= 4 is 22.1 Å². The van der Waals surface area contributed by atoms with E-state index < -0.39 is 6.98 Å². The Balaban J connectivity index is 1.87. The number of aryl methyl sites for hydroxylation is 1. The zero-order chi connectivity index (χ0) is 19.8. The molecule has 1 aliphatic rings. The predicted molar refractivity (Wildman–Crippen MR) is 100 cm³/mol. The Morgan fingerprint density at radius 1 is 1.08 bits per heavy atom. The van der Waals surface area contributed by atoms with Crippen LogP contribution in [0.1, 0.15) is 9.68 Å². The van der Waals surface area contributed by atoms with Crippen molar-refractivity contribution in [2.45, 2.75) is 6.54 Å². The van der Waals surface area contributed by atoms with Gasteiger partial charge in [0.1, 0.15) is 16.9 Å². The average molecular weight is 341 g/mol. The highest BCUT2D eigenvalue weighted by Gasteiger charge is 2.36. The van der Waals surface area contributed by atoms with E-state index in [0.29, 0.717) is 17.9 Å². The van der Waals surface area contributed by atoms with Crippen LogP contribution in [0.4, 0.5) is 0 Å². The molecule has 5 aromatic rings. The van der Waals surface area contributed by atoms with Crippen molar-refractivity contribution in [2.24, 2.45) is 6.98 Å². The zero-order valence-electron chi connectivity index (χ0n) is 16.8. The molecule has 1 aromatic carbocycles. The van der Waals surface area contributed by atoms with Crippen LogP contribution in [0.5, 0.6) is 0 Å². The van der Waals surface area contributed by atoms with Gasteiger partial charge >= 0.3 is 0 Å². The van der Waals surface area contributed by atoms with E-state index in [0.717, 1.165) is 33.5 Å². The molecule has 5 heteroatoms. The van der Waals surface area contributed by atoms with E-state index in [1.165, 1.54) is 4.57 Å². The van der Waals surface area contributed by atoms with Crippen LogP contribution in [0.3, 0.4) is 0 Å². The summed E-state index contributed by atoms with van der Waals surface area (Å²) in [6.07, 6.45) is 5.21. The first-order chi connectivity index (χ1) is 14.1. The van der Waals surface area contributed by atoms with Crippen LogP contribution in [0, 0.1) is 0 Å². The third-order valence-electron chi connectivity index (χ3n) is 5.11. The number of hydrogen-bond donors (Lipinski definition) is 0. The normalized spacial score (nSPS) is 14.8. The van der Waals surface area contributed by atoms with Crippen LogP contribution in [-0.2, 0) is 13.5 Å². The maximum absolute atomic E-state index is 8.30. The number of benzene rings is 1. The lowest BCUT2D eigenvalue weighted by Crippen LogP contribution is -2.33. The number of para-hydroxylation sites is 1. The standard InChI is InChI=1S/C21H16N5/c1-24-19-16-9-11-22-12-17(16)26(15-7-3-2-4-8-15)21(19)25-13-14-6-5-10-23-18(14)20(24)25/h2-12H,13H2,1H3/q+1/i1D3. The zero-order valence-corrected chi connectivity index (χ0v) is 13.8. The summed E-state index contributed by atoms with van der Waals surface area (Å²) in [6, 6.07) is 15.7. The Kier molecular flexibility index (Phi) is 2.06. The Hall–Kier alpha value is -3.47. The summed E-state index contributed by atoms with van der Waals surface area (Å²) < 4.78 is 30.5. The number of fused-ring (bicyclic) bond motifs is 7. The molecule has 0 amide bonds. The lowest BCUT2D eigenvalue weighted by atomic mass is 10.2. The van der Waals surface area contributed by atoms with Crippen LogP contribution >= 0.6 is 0 Å². The lowest BCUT2D eigenvalue weighted by molar-refractivity contribution is -0.648. The van der Waals surface area contributed by atoms with E-state index in [1.807, 2.05) is 48.5 Å². The fourth-order valence-electron chi connectivity index (χ4n) is 4.06. The number of imidazole rings is 1. The Labute approximate surface area is 154 Å². The molecule has 124 valence electrons. The minimum absolute atomic E-state index is 0.578. The van der Waals surface area contributed by atoms with Gasteiger partial charge in [-0.05, 0) is 24.3 Å². The molecule has 0 bridgehead atoms. The highest BCUT2D eigenvalue weighted by molar-refractivity contribution is 6.05. The largest absolute Gasteiger partial charge is 0.275 e. The third-order valence-corrected chi connectivity index (χ3v) is 5.11. The molecular weight excluding hydrogens is 322 g/mol. The molecule has 1 aliphatic heterocycles. The first kappa shape index (κ1) is 11.2. The van der Waals surface area contributed by atoms with Gasteiger partial charge < -0.3 is 0 Å². The van der Waals surface area contributed by atoms with Gasteiger partial charge in [0.2, 0.25) is 0 Å². The molecule has 0 N–H and O–H groups in total. The molecule has 0 aliphatic carbocycles. The van der Waals surface area contributed by atoms with E-state index in [2.05, 4.69) is 19.1 Å². The quantitative estimate of drug-likeness (QED) is 0.431. The predicted octanol–water partition coefficient (Wildman–Crippen LogP) is 3.23. The molecule has 5 heterocycles. The third kappa shape index (κ3) is 1.57. The highest BCUT2D eigenvalue weighted by Crippen LogP contribution is 2.35. The van der Waals surface area contributed by atoms with Crippen LogP contribution < -0.4 is 4.57 Å². The van der Waals surface area contributed by atoms with Gasteiger partial charge in [-0.2, -0.15) is 0 Å². The minimum atomic E-state index is -2.35. The first-order valence-electron chi connectivity index (χ1n) is 9.98. The summed E-state index contributed by atoms with van der Waals surface area (Å²) >= 11 is 0. The van der Waals surface area contributed by atoms with E-state index in [4.69, 9.17) is 4.11 Å². The van der Waals surface area contributed by atoms with Crippen molar-refractivity contribution in [1.82, 2.24) is 19.1 Å². The Morgan fingerprint density at radius 3 is 2.88 bits per heavy atom. The first-order valence-corrected chi connectivity index (χ1v) is 8.48. The van der Waals surface area contributed by atoms with Crippen LogP contribution in [0.25, 0.3) is 39.3 Å². The van der Waals surface area contributed by atoms with Crippen molar-refractivity contribution in [3.05, 3.63) is 72.7 Å². The second-order valence-electron chi connectivity index (χ2n) is 6.49. The fraction of sp³-hybridized carbons (Fsp3) is 0.0952. The summed E-state index contributed by atoms with van der Waals surface area (Å²) in [5.74, 6) is 0.619. The summed E-state index contributed by atoms with van der Waals surface area (Å²) in [5.41, 5.74) is 5.09. The topological polar surface area (TPSA) is 39.5 Å². The van der Waals surface area contributed by atoms with Gasteiger partial charge in [-0.25, -0.2) is 14.1 Å². The molecule has 0 atom stereocenters. The maximum atomic E-state index is 8.30. The number of aromatic nitrogens is 5. The summed E-state index contributed by atoms with van der Waals surface area (Å²) in [5, 5.41) is 0.856. The van der Waals surface area contributed by atoms with Gasteiger partial charge in [0.15, 0.2) is 5.52 Å². The molecule has 0 radical (unpaired) electrons. The number of hydrogen-bond acceptors (Lipinski definition) is 2. The molecule has 4 aromatic heterocycles. The summed E-state index contributed by atoms with van der Waals surface area (Å²) in [7, 11) is 0. The monoisotopic (exact) mass is 341 g/mol. The molecular formula is C21H16N5+. The fourth-order valence-corrected chi connectivity index (χ4v) is 4.06. The van der Waals surface area contributed by atoms with Crippen molar-refractivity contribution in [3.63, 3.8) is 0 Å². The second kappa shape index (κ2) is 4.79. The van der Waals surface area contributed by atoms with Crippen LogP contribution in [0.15, 0.2) is 67.1 Å². The Bertz CT molecular complexity index is 1410. The number of nitrogens with zero attached hydrogens (tertiary/aromatic N) is 5. The smallest absolute Gasteiger partial charge is 0.261 e. The number of rotatable bonds is 1. The van der Waals surface area contributed by atoms with E-state index in [9.17, 15) is 0 Å². The maximum Gasteiger partial charge on any atom is 0.275 e. The summed E-state index contributed by atoms with van der Waals surface area (Å²) in [4.78, 5) is 8.83. The van der Waals surface area contributed by atoms with Crippen molar-refractivity contribution in [1.29, 1.82) is 0 Å². The molecule has 0 saturated carbocycles. The molecule has 0 unspecified atom stereocenters. The SMILES string of the molecule is [2H]C([2H])([2H])n1c2[n+](c3c1c1ccncc1n3-c1ccccc1)Cc1cccnc1-2. The van der Waals surface area contributed by atoms with Crippen LogP contribution in [-0.4, -0.2) is 19.1 Å². The molecule has 0 saturated heterocycles. The molecule has 26 heavy (non-hydrogen) atoms. The molecule has 0 fully saturated rings. The van der Waals surface area contributed by atoms with Gasteiger partial charge in [0.25, 0.3) is 11.5 Å². The Morgan fingerprint density at radius 2 is 2.00 bits per heavy atom. The lowest BCUT2D eigenvalue weighted by Gasteiger charge is -2.02. The van der Waals surface area contributed by atoms with Gasteiger partial charge in [0, 0.05) is 18.0 Å². The highest BCUT2D eigenvalue weighted by atomic mass is 15.3. The van der Waals surface area contributed by atoms with Gasteiger partial charge in [-0.3, -0.25) is 9.55 Å². The van der Waals surface area contributed by atoms with Gasteiger partial charge in [0.05, 0.1) is 29.2 Å². The van der Waals surface area contributed by atoms with Gasteiger partial charge in [-0.1, -0.05) is 24.3 Å². The second-order valence-corrected chi connectivity index (χ2v) is 6.49. The van der Waals surface area contributed by atoms with Crippen molar-refractivity contribution < 1.29 is 8.68 Å². The van der Waals surface area contributed by atoms with Crippen LogP contribution in [0.2, 0.25) is 0 Å². The minimum Gasteiger partial charge on any atom is -0.261 e. The average Bonchev–Trinajstić information content (AvgIpc) is 3.34. The molecule has 0 spiro atoms.